The third kappa shape index (κ3) is 33.9. The van der Waals surface area contributed by atoms with Crippen molar-refractivity contribution in [2.24, 2.45) is 0 Å². The van der Waals surface area contributed by atoms with Gasteiger partial charge >= 0.3 is 11.9 Å². The zero-order valence-electron chi connectivity index (χ0n) is 37.4. The fourth-order valence-electron chi connectivity index (χ4n) is 4.79. The molecule has 25 nitrogen and oxygen atoms in total. The summed E-state index contributed by atoms with van der Waals surface area (Å²) < 4.78 is 48.1. The Morgan fingerprint density at radius 3 is 1.34 bits per heavy atom. The van der Waals surface area contributed by atoms with E-state index in [2.05, 4.69) is 26.6 Å². The maximum Gasteiger partial charge on any atom is 0.306 e. The topological polar surface area (TPSA) is 320 Å². The van der Waals surface area contributed by atoms with E-state index >= 15 is 0 Å². The number of carbonyl (C=O) groups excluding carboxylic acids is 8. The minimum Gasteiger partial charge on any atom is -0.481 e. The van der Waals surface area contributed by atoms with Gasteiger partial charge in [0, 0.05) is 25.1 Å². The number of amides is 7. The average molecular weight is 935 g/mol. The van der Waals surface area contributed by atoms with Crippen LogP contribution in [0.2, 0.25) is 0 Å². The van der Waals surface area contributed by atoms with Gasteiger partial charge < -0.3 is 74.3 Å². The van der Waals surface area contributed by atoms with Crippen molar-refractivity contribution < 1.29 is 90.9 Å². The van der Waals surface area contributed by atoms with E-state index in [1.165, 1.54) is 0 Å². The van der Waals surface area contributed by atoms with E-state index < -0.39 is 84.6 Å². The smallest absolute Gasteiger partial charge is 0.306 e. The van der Waals surface area contributed by atoms with Gasteiger partial charge in [-0.1, -0.05) is 0 Å². The molecular formula is C40H66N6O19. The number of hydrogen-bond donors (Lipinski definition) is 6. The van der Waals surface area contributed by atoms with E-state index in [9.17, 15) is 43.2 Å². The Morgan fingerprint density at radius 1 is 0.538 bits per heavy atom. The lowest BCUT2D eigenvalue weighted by atomic mass is 10.1. The van der Waals surface area contributed by atoms with Gasteiger partial charge in [0.15, 0.2) is 0 Å². The summed E-state index contributed by atoms with van der Waals surface area (Å²) in [6.45, 7) is 8.61. The predicted octanol–water partition coefficient (Wildman–Crippen LogP) is -3.41. The Kier molecular flexibility index (Phi) is 32.1. The Bertz CT molecular complexity index is 1490. The van der Waals surface area contributed by atoms with Gasteiger partial charge in [-0.25, -0.2) is 0 Å². The standard InChI is InChI=1S/C40H66N6O19/c1-40(2,3)65-38(55)7-4-30(45-34(50)29-46-35(51)5-6-36(46)52)39(56)44-28-33(49)43-27-32(48)42-26-31(47)41-9-11-58-13-15-60-17-19-62-21-23-64-25-24-63-22-20-61-18-16-59-14-12-57-10-8-37(53)54/h5-6,30H,4,7-29H2,1-3H3,(H,41,47)(H,42,48)(H,43,49)(H,44,56)(H,45,50)(H,53,54)/t30-/m0/s1. The molecule has 1 rings (SSSR count). The maximum atomic E-state index is 12.9. The van der Waals surface area contributed by atoms with E-state index in [-0.39, 0.29) is 52.2 Å². The predicted molar refractivity (Wildman–Crippen MR) is 224 cm³/mol. The van der Waals surface area contributed by atoms with Crippen LogP contribution in [0.3, 0.4) is 0 Å². The Morgan fingerprint density at radius 2 is 0.923 bits per heavy atom. The van der Waals surface area contributed by atoms with Crippen molar-refractivity contribution in [3.05, 3.63) is 12.2 Å². The van der Waals surface area contributed by atoms with Crippen molar-refractivity contribution in [1.29, 1.82) is 0 Å². The molecule has 0 saturated heterocycles. The molecule has 0 fully saturated rings. The molecule has 1 heterocycles. The largest absolute Gasteiger partial charge is 0.481 e. The number of esters is 1. The lowest BCUT2D eigenvalue weighted by Crippen LogP contribution is -2.52. The van der Waals surface area contributed by atoms with E-state index in [0.29, 0.717) is 90.8 Å². The van der Waals surface area contributed by atoms with E-state index in [0.717, 1.165) is 12.2 Å². The van der Waals surface area contributed by atoms with Crippen molar-refractivity contribution >= 4 is 53.3 Å². The first-order valence-corrected chi connectivity index (χ1v) is 21.0. The first-order valence-electron chi connectivity index (χ1n) is 21.0. The first-order chi connectivity index (χ1) is 31.1. The quantitative estimate of drug-likeness (QED) is 0.0198. The first kappa shape index (κ1) is 57.9. The summed E-state index contributed by atoms with van der Waals surface area (Å²) in [5, 5.41) is 20.3. The summed E-state index contributed by atoms with van der Waals surface area (Å²) >= 11 is 0. The average Bonchev–Trinajstić information content (AvgIpc) is 3.56. The highest BCUT2D eigenvalue weighted by Gasteiger charge is 2.29. The molecule has 0 aromatic rings. The normalized spacial score (nSPS) is 12.8. The molecule has 0 unspecified atom stereocenters. The van der Waals surface area contributed by atoms with Gasteiger partial charge in [-0.3, -0.25) is 48.1 Å². The molecule has 1 atom stereocenters. The van der Waals surface area contributed by atoms with E-state index in [4.69, 9.17) is 47.7 Å². The summed E-state index contributed by atoms with van der Waals surface area (Å²) in [6, 6.07) is -1.34. The molecule has 1 aliphatic rings. The SMILES string of the molecule is CC(C)(C)OC(=O)CC[C@H](NC(=O)CN1C(=O)C=CC1=O)C(=O)NCC(=O)NCC(=O)NCC(=O)NCCOCCOCCOCCOCCOCCOCCOCCOCCC(=O)O. The second kappa shape index (κ2) is 36.1. The fourth-order valence-corrected chi connectivity index (χ4v) is 4.79. The lowest BCUT2D eigenvalue weighted by Gasteiger charge is -2.22. The molecule has 7 amide bonds. The van der Waals surface area contributed by atoms with Crippen molar-refractivity contribution in [2.45, 2.75) is 51.7 Å². The van der Waals surface area contributed by atoms with Crippen LogP contribution in [0.1, 0.15) is 40.0 Å². The molecule has 0 radical (unpaired) electrons. The molecule has 65 heavy (non-hydrogen) atoms. The van der Waals surface area contributed by atoms with Crippen LogP contribution in [-0.4, -0.2) is 213 Å². The number of imide groups is 1. The highest BCUT2D eigenvalue weighted by molar-refractivity contribution is 6.14. The van der Waals surface area contributed by atoms with Crippen LogP contribution in [0.5, 0.6) is 0 Å². The van der Waals surface area contributed by atoms with Crippen LogP contribution >= 0.6 is 0 Å². The number of nitrogens with one attached hydrogen (secondary N) is 5. The van der Waals surface area contributed by atoms with Crippen LogP contribution in [-0.2, 0) is 85.8 Å². The second-order valence-electron chi connectivity index (χ2n) is 14.5. The number of carboxylic acids is 1. The van der Waals surface area contributed by atoms with E-state index in [1.807, 2.05) is 0 Å². The highest BCUT2D eigenvalue weighted by Crippen LogP contribution is 2.11. The lowest BCUT2D eigenvalue weighted by molar-refractivity contribution is -0.155. The van der Waals surface area contributed by atoms with Gasteiger partial charge in [0.25, 0.3) is 11.8 Å². The number of nitrogens with zero attached hydrogens (tertiary/aromatic N) is 1. The van der Waals surface area contributed by atoms with Crippen molar-refractivity contribution in [1.82, 2.24) is 31.5 Å². The number of aliphatic carboxylic acids is 1. The molecule has 6 N–H and O–H groups in total. The van der Waals surface area contributed by atoms with Crippen LogP contribution in [0.25, 0.3) is 0 Å². The minimum absolute atomic E-state index is 0.0328. The second-order valence-corrected chi connectivity index (χ2v) is 14.5. The monoisotopic (exact) mass is 934 g/mol. The molecular weight excluding hydrogens is 868 g/mol. The van der Waals surface area contributed by atoms with Gasteiger partial charge in [-0.15, -0.1) is 0 Å². The summed E-state index contributed by atoms with van der Waals surface area (Å²) in [6.07, 6.45) is 1.44. The zero-order valence-corrected chi connectivity index (χ0v) is 37.4. The van der Waals surface area contributed by atoms with Crippen LogP contribution in [0, 0.1) is 0 Å². The van der Waals surface area contributed by atoms with Crippen molar-refractivity contribution in [2.75, 3.05) is 138 Å². The molecule has 1 aliphatic heterocycles. The summed E-state index contributed by atoms with van der Waals surface area (Å²) in [5.74, 6) is -6.65. The Balaban J connectivity index is 2.03. The van der Waals surface area contributed by atoms with Crippen LogP contribution < -0.4 is 26.6 Å². The molecule has 0 aromatic carbocycles. The molecule has 0 bridgehead atoms. The van der Waals surface area contributed by atoms with Gasteiger partial charge in [-0.2, -0.15) is 0 Å². The van der Waals surface area contributed by atoms with Crippen molar-refractivity contribution in [3.8, 4) is 0 Å². The minimum atomic E-state index is -1.34. The molecule has 0 saturated carbocycles. The van der Waals surface area contributed by atoms with Crippen LogP contribution in [0.4, 0.5) is 0 Å². The number of carbonyl (C=O) groups is 9. The third-order valence-corrected chi connectivity index (χ3v) is 7.86. The van der Waals surface area contributed by atoms with Crippen molar-refractivity contribution in [3.63, 3.8) is 0 Å². The third-order valence-electron chi connectivity index (χ3n) is 7.86. The number of hydrogen-bond acceptors (Lipinski definition) is 18. The fraction of sp³-hybridized carbons (Fsp3) is 0.725. The highest BCUT2D eigenvalue weighted by atomic mass is 16.6. The number of ether oxygens (including phenoxy) is 9. The maximum absolute atomic E-state index is 12.9. The number of carboxylic acid groups (broad SMARTS) is 1. The van der Waals surface area contributed by atoms with Gasteiger partial charge in [0.2, 0.25) is 29.5 Å². The van der Waals surface area contributed by atoms with Gasteiger partial charge in [0.1, 0.15) is 18.2 Å². The summed E-state index contributed by atoms with van der Waals surface area (Å²) in [7, 11) is 0. The Labute approximate surface area is 377 Å². The molecule has 0 aromatic heterocycles. The van der Waals surface area contributed by atoms with E-state index in [1.54, 1.807) is 20.8 Å². The molecule has 370 valence electrons. The zero-order chi connectivity index (χ0) is 48.1. The van der Waals surface area contributed by atoms with Gasteiger partial charge in [-0.05, 0) is 27.2 Å². The summed E-state index contributed by atoms with van der Waals surface area (Å²) in [4.78, 5) is 109. The number of rotatable bonds is 40. The molecule has 0 spiro atoms. The Hall–Kier alpha value is -5.15. The van der Waals surface area contributed by atoms with Crippen LogP contribution in [0.15, 0.2) is 12.2 Å². The van der Waals surface area contributed by atoms with Gasteiger partial charge in [0.05, 0.1) is 132 Å². The molecule has 0 aliphatic carbocycles. The molecule has 25 heteroatoms. The summed E-state index contributed by atoms with van der Waals surface area (Å²) in [5.41, 5.74) is -0.803.